The highest BCUT2D eigenvalue weighted by Gasteiger charge is 2.07. The van der Waals surface area contributed by atoms with E-state index in [4.69, 9.17) is 11.6 Å². The topological polar surface area (TPSA) is 66.9 Å². The number of hydrogen-bond acceptors (Lipinski definition) is 5. The maximum atomic E-state index is 11.6. The van der Waals surface area contributed by atoms with Gasteiger partial charge in [-0.1, -0.05) is 42.4 Å². The van der Waals surface area contributed by atoms with Crippen molar-refractivity contribution in [3.63, 3.8) is 0 Å². The van der Waals surface area contributed by atoms with Crippen LogP contribution in [0.3, 0.4) is 0 Å². The van der Waals surface area contributed by atoms with Crippen molar-refractivity contribution in [3.05, 3.63) is 83.5 Å². The van der Waals surface area contributed by atoms with Crippen LogP contribution in [0, 0.1) is 6.92 Å². The number of benzene rings is 2. The third-order valence-electron chi connectivity index (χ3n) is 3.89. The van der Waals surface area contributed by atoms with Crippen LogP contribution >= 0.6 is 11.6 Å². The van der Waals surface area contributed by atoms with Gasteiger partial charge in [0.25, 0.3) is 0 Å². The first kappa shape index (κ1) is 18.6. The highest BCUT2D eigenvalue weighted by molar-refractivity contribution is 6.33. The molecule has 2 aromatic carbocycles. The molecule has 0 unspecified atom stereocenters. The van der Waals surface area contributed by atoms with Crippen molar-refractivity contribution >= 4 is 40.5 Å². The van der Waals surface area contributed by atoms with Crippen molar-refractivity contribution < 1.29 is 4.79 Å². The van der Waals surface area contributed by atoms with E-state index < -0.39 is 0 Å². The lowest BCUT2D eigenvalue weighted by Gasteiger charge is -2.12. The molecule has 0 amide bonds. The number of nitrogens with one attached hydrogen (secondary N) is 2. The average Bonchev–Trinajstić information content (AvgIpc) is 2.66. The number of allylic oxidation sites excluding steroid dienone is 1. The second-order valence-corrected chi connectivity index (χ2v) is 6.41. The van der Waals surface area contributed by atoms with Crippen molar-refractivity contribution in [2.24, 2.45) is 0 Å². The molecule has 0 atom stereocenters. The van der Waals surface area contributed by atoms with E-state index in [0.29, 0.717) is 23.2 Å². The fraction of sp³-hybridized carbons (Fsp3) is 0.0952. The van der Waals surface area contributed by atoms with Gasteiger partial charge in [-0.2, -0.15) is 4.98 Å². The van der Waals surface area contributed by atoms with Gasteiger partial charge in [-0.25, -0.2) is 4.98 Å². The predicted octanol–water partition coefficient (Wildman–Crippen LogP) is 5.22. The highest BCUT2D eigenvalue weighted by atomic mass is 35.5. The Bertz CT molecular complexity index is 987. The van der Waals surface area contributed by atoms with E-state index in [2.05, 4.69) is 27.2 Å². The molecular weight excluding hydrogens is 360 g/mol. The van der Waals surface area contributed by atoms with E-state index >= 15 is 0 Å². The summed E-state index contributed by atoms with van der Waals surface area (Å²) in [6.45, 7) is 5.43. The van der Waals surface area contributed by atoms with Gasteiger partial charge in [-0.15, -0.1) is 0 Å². The monoisotopic (exact) mass is 378 g/mol. The number of aromatic nitrogens is 2. The second-order valence-electron chi connectivity index (χ2n) is 6.00. The zero-order chi connectivity index (χ0) is 19.2. The van der Waals surface area contributed by atoms with Crippen molar-refractivity contribution in [1.29, 1.82) is 0 Å². The minimum absolute atomic E-state index is 0.0170. The van der Waals surface area contributed by atoms with Crippen LogP contribution in [-0.2, 0) is 11.2 Å². The first-order valence-electron chi connectivity index (χ1n) is 8.41. The maximum absolute atomic E-state index is 11.6. The Morgan fingerprint density at radius 1 is 1.19 bits per heavy atom. The third kappa shape index (κ3) is 4.92. The summed E-state index contributed by atoms with van der Waals surface area (Å²) in [5.74, 6) is 1.09. The molecule has 0 radical (unpaired) electrons. The van der Waals surface area contributed by atoms with Crippen LogP contribution in [0.15, 0.2) is 67.4 Å². The number of rotatable bonds is 7. The number of halogens is 1. The van der Waals surface area contributed by atoms with Gasteiger partial charge in [0.1, 0.15) is 5.82 Å². The van der Waals surface area contributed by atoms with Gasteiger partial charge in [-0.3, -0.25) is 4.79 Å². The first-order valence-corrected chi connectivity index (χ1v) is 8.79. The zero-order valence-electron chi connectivity index (χ0n) is 14.9. The van der Waals surface area contributed by atoms with Gasteiger partial charge >= 0.3 is 0 Å². The Morgan fingerprint density at radius 3 is 2.78 bits per heavy atom. The molecule has 0 fully saturated rings. The van der Waals surface area contributed by atoms with Gasteiger partial charge in [0.15, 0.2) is 5.78 Å². The lowest BCUT2D eigenvalue weighted by Crippen LogP contribution is -2.04. The van der Waals surface area contributed by atoms with E-state index in [1.807, 2.05) is 49.4 Å². The Labute approximate surface area is 163 Å². The maximum Gasteiger partial charge on any atom is 0.229 e. The Hall–Kier alpha value is -3.18. The number of carbonyl (C=O) groups excluding carboxylic acids is 1. The minimum Gasteiger partial charge on any atom is -0.340 e. The molecule has 1 heterocycles. The number of aryl methyl sites for hydroxylation is 1. The molecule has 0 aliphatic rings. The highest BCUT2D eigenvalue weighted by Crippen LogP contribution is 2.25. The number of nitrogens with zero attached hydrogens (tertiary/aromatic N) is 2. The molecule has 0 bridgehead atoms. The Morgan fingerprint density at radius 2 is 2.00 bits per heavy atom. The SMILES string of the molecule is C=CC(=O)Cc1cccc(Nc2nc(Nc3ccccc3Cl)ncc2C)c1. The number of anilines is 4. The molecule has 3 aromatic rings. The minimum atomic E-state index is -0.0170. The molecule has 27 heavy (non-hydrogen) atoms. The summed E-state index contributed by atoms with van der Waals surface area (Å²) >= 11 is 6.18. The Kier molecular flexibility index (Phi) is 5.84. The predicted molar refractivity (Wildman–Crippen MR) is 110 cm³/mol. The van der Waals surface area contributed by atoms with E-state index in [1.54, 1.807) is 12.3 Å². The standard InChI is InChI=1S/C21H19ClN4O/c1-3-17(27)12-15-7-6-8-16(11-15)24-20-14(2)13-23-21(26-20)25-19-10-5-4-9-18(19)22/h3-11,13H,1,12H2,2H3,(H2,23,24,25,26). The van der Waals surface area contributed by atoms with Crippen LogP contribution in [-0.4, -0.2) is 15.8 Å². The normalized spacial score (nSPS) is 10.3. The molecule has 6 heteroatoms. The van der Waals surface area contributed by atoms with Gasteiger partial charge in [-0.05, 0) is 42.8 Å². The zero-order valence-corrected chi connectivity index (χ0v) is 15.6. The van der Waals surface area contributed by atoms with E-state index in [1.165, 1.54) is 6.08 Å². The molecule has 0 saturated carbocycles. The molecule has 5 nitrogen and oxygen atoms in total. The van der Waals surface area contributed by atoms with E-state index in [0.717, 1.165) is 22.5 Å². The molecule has 0 saturated heterocycles. The third-order valence-corrected chi connectivity index (χ3v) is 4.22. The van der Waals surface area contributed by atoms with Crippen LogP contribution < -0.4 is 10.6 Å². The first-order chi connectivity index (χ1) is 13.0. The van der Waals surface area contributed by atoms with Crippen LogP contribution in [0.2, 0.25) is 5.02 Å². The molecule has 0 aliphatic heterocycles. The quantitative estimate of drug-likeness (QED) is 0.551. The molecule has 136 valence electrons. The molecule has 3 rings (SSSR count). The van der Waals surface area contributed by atoms with Gasteiger partial charge in [0.05, 0.1) is 10.7 Å². The number of carbonyl (C=O) groups is 1. The molecule has 0 spiro atoms. The number of hydrogen-bond donors (Lipinski definition) is 2. The molecular formula is C21H19ClN4O. The van der Waals surface area contributed by atoms with Gasteiger partial charge < -0.3 is 10.6 Å². The summed E-state index contributed by atoms with van der Waals surface area (Å²) in [5.41, 5.74) is 3.38. The van der Waals surface area contributed by atoms with Crippen LogP contribution in [0.1, 0.15) is 11.1 Å². The Balaban J connectivity index is 1.81. The molecule has 2 N–H and O–H groups in total. The van der Waals surface area contributed by atoms with Crippen molar-refractivity contribution in [1.82, 2.24) is 9.97 Å². The van der Waals surface area contributed by atoms with E-state index in [9.17, 15) is 4.79 Å². The van der Waals surface area contributed by atoms with E-state index in [-0.39, 0.29) is 5.78 Å². The van der Waals surface area contributed by atoms with Gasteiger partial charge in [0, 0.05) is 23.9 Å². The summed E-state index contributed by atoms with van der Waals surface area (Å²) in [6.07, 6.45) is 3.39. The molecule has 0 aliphatic carbocycles. The number of para-hydroxylation sites is 1. The van der Waals surface area contributed by atoms with Crippen LogP contribution in [0.4, 0.5) is 23.1 Å². The van der Waals surface area contributed by atoms with Crippen LogP contribution in [0.5, 0.6) is 0 Å². The summed E-state index contributed by atoms with van der Waals surface area (Å²) < 4.78 is 0. The summed E-state index contributed by atoms with van der Waals surface area (Å²) in [6, 6.07) is 15.1. The summed E-state index contributed by atoms with van der Waals surface area (Å²) in [5, 5.41) is 7.00. The van der Waals surface area contributed by atoms with Gasteiger partial charge in [0.2, 0.25) is 5.95 Å². The average molecular weight is 379 g/mol. The lowest BCUT2D eigenvalue weighted by atomic mass is 10.1. The fourth-order valence-corrected chi connectivity index (χ4v) is 2.66. The summed E-state index contributed by atoms with van der Waals surface area (Å²) in [7, 11) is 0. The summed E-state index contributed by atoms with van der Waals surface area (Å²) in [4.78, 5) is 20.4. The largest absolute Gasteiger partial charge is 0.340 e. The van der Waals surface area contributed by atoms with Crippen molar-refractivity contribution in [2.45, 2.75) is 13.3 Å². The lowest BCUT2D eigenvalue weighted by molar-refractivity contribution is -0.114. The van der Waals surface area contributed by atoms with Crippen LogP contribution in [0.25, 0.3) is 0 Å². The molecule has 1 aromatic heterocycles. The second kappa shape index (κ2) is 8.47. The van der Waals surface area contributed by atoms with Crippen molar-refractivity contribution in [3.8, 4) is 0 Å². The number of ketones is 1. The smallest absolute Gasteiger partial charge is 0.229 e. The van der Waals surface area contributed by atoms with Crippen molar-refractivity contribution in [2.75, 3.05) is 10.6 Å². The fourth-order valence-electron chi connectivity index (χ4n) is 2.48.